The molecule has 0 radical (unpaired) electrons. The van der Waals surface area contributed by atoms with Crippen LogP contribution in [0.5, 0.6) is 5.75 Å². The van der Waals surface area contributed by atoms with Crippen LogP contribution in [0.2, 0.25) is 0 Å². The highest BCUT2D eigenvalue weighted by molar-refractivity contribution is 5.38. The molecule has 0 aliphatic carbocycles. The first-order valence-electron chi connectivity index (χ1n) is 6.00. The molecule has 0 aromatic heterocycles. The Morgan fingerprint density at radius 1 is 1.29 bits per heavy atom. The van der Waals surface area contributed by atoms with E-state index in [4.69, 9.17) is 4.74 Å². The van der Waals surface area contributed by atoms with Crippen molar-refractivity contribution in [2.45, 2.75) is 26.7 Å². The second kappa shape index (κ2) is 6.01. The number of halogens is 1. The van der Waals surface area contributed by atoms with Crippen LogP contribution < -0.4 is 4.74 Å². The van der Waals surface area contributed by atoms with Gasteiger partial charge in [0, 0.05) is 6.54 Å². The average molecular weight is 239 g/mol. The first kappa shape index (κ1) is 14.0. The predicted molar refractivity (Wildman–Crippen MR) is 69.3 cm³/mol. The number of aryl methyl sites for hydroxylation is 1. The van der Waals surface area contributed by atoms with Gasteiger partial charge in [0.25, 0.3) is 0 Å². The zero-order chi connectivity index (χ0) is 13.0. The van der Waals surface area contributed by atoms with Crippen molar-refractivity contribution in [2.75, 3.05) is 27.2 Å². The molecule has 0 bridgehead atoms. The molecular weight excluding hydrogens is 217 g/mol. The summed E-state index contributed by atoms with van der Waals surface area (Å²) in [5.41, 5.74) is 1.74. The van der Waals surface area contributed by atoms with Crippen molar-refractivity contribution in [1.29, 1.82) is 0 Å². The van der Waals surface area contributed by atoms with Crippen LogP contribution in [0.4, 0.5) is 4.39 Å². The zero-order valence-corrected chi connectivity index (χ0v) is 11.4. The molecule has 1 aromatic rings. The van der Waals surface area contributed by atoms with Crippen molar-refractivity contribution in [3.63, 3.8) is 0 Å². The normalized spacial score (nSPS) is 11.3. The van der Waals surface area contributed by atoms with Crippen molar-refractivity contribution in [1.82, 2.24) is 4.90 Å². The van der Waals surface area contributed by atoms with Crippen LogP contribution in [0, 0.1) is 12.7 Å². The molecule has 3 heteroatoms. The Labute approximate surface area is 103 Å². The lowest BCUT2D eigenvalue weighted by Gasteiger charge is -2.16. The minimum absolute atomic E-state index is 0.174. The van der Waals surface area contributed by atoms with Crippen LogP contribution >= 0.6 is 0 Å². The molecule has 0 spiro atoms. The third kappa shape index (κ3) is 3.70. The van der Waals surface area contributed by atoms with Crippen molar-refractivity contribution in [2.24, 2.45) is 0 Å². The molecule has 2 nitrogen and oxygen atoms in total. The second-order valence-corrected chi connectivity index (χ2v) is 4.91. The van der Waals surface area contributed by atoms with E-state index in [2.05, 4.69) is 0 Å². The van der Waals surface area contributed by atoms with E-state index in [0.29, 0.717) is 12.4 Å². The maximum Gasteiger partial charge on any atom is 0.168 e. The molecule has 0 N–H and O–H groups in total. The summed E-state index contributed by atoms with van der Waals surface area (Å²) in [5.74, 6) is 0.326. The van der Waals surface area contributed by atoms with Gasteiger partial charge in [0.2, 0.25) is 0 Å². The van der Waals surface area contributed by atoms with Crippen LogP contribution in [0.1, 0.15) is 30.9 Å². The van der Waals surface area contributed by atoms with E-state index in [1.807, 2.05) is 45.8 Å². The lowest BCUT2D eigenvalue weighted by molar-refractivity contribution is 0.251. The highest BCUT2D eigenvalue weighted by Gasteiger charge is 2.14. The molecular formula is C14H22FNO. The van der Waals surface area contributed by atoms with E-state index >= 15 is 0 Å². The van der Waals surface area contributed by atoms with Gasteiger partial charge in [0.15, 0.2) is 11.6 Å². The number of rotatable bonds is 5. The van der Waals surface area contributed by atoms with Crippen LogP contribution in [-0.2, 0) is 0 Å². The smallest absolute Gasteiger partial charge is 0.168 e. The number of nitrogens with zero attached hydrogens (tertiary/aromatic N) is 1. The molecule has 0 fully saturated rings. The Morgan fingerprint density at radius 3 is 2.47 bits per heavy atom. The molecule has 96 valence electrons. The fourth-order valence-corrected chi connectivity index (χ4v) is 1.83. The summed E-state index contributed by atoms with van der Waals surface area (Å²) in [6, 6.07) is 3.63. The molecule has 17 heavy (non-hydrogen) atoms. The molecule has 0 aliphatic rings. The van der Waals surface area contributed by atoms with Gasteiger partial charge in [-0.1, -0.05) is 19.9 Å². The Bertz CT molecular complexity index is 375. The lowest BCUT2D eigenvalue weighted by Crippen LogP contribution is -2.19. The van der Waals surface area contributed by atoms with Gasteiger partial charge in [-0.05, 0) is 44.1 Å². The Kier molecular flexibility index (Phi) is 4.94. The summed E-state index contributed by atoms with van der Waals surface area (Å²) in [6.45, 7) is 7.21. The van der Waals surface area contributed by atoms with Crippen LogP contribution in [0.25, 0.3) is 0 Å². The summed E-state index contributed by atoms with van der Waals surface area (Å²) < 4.78 is 19.6. The zero-order valence-electron chi connectivity index (χ0n) is 11.4. The first-order valence-corrected chi connectivity index (χ1v) is 6.00. The molecule has 0 unspecified atom stereocenters. The number of hydrogen-bond donors (Lipinski definition) is 0. The molecule has 1 rings (SSSR count). The minimum atomic E-state index is -0.209. The van der Waals surface area contributed by atoms with Gasteiger partial charge >= 0.3 is 0 Å². The lowest BCUT2D eigenvalue weighted by atomic mass is 9.97. The van der Waals surface area contributed by atoms with Crippen LogP contribution in [0.15, 0.2) is 12.1 Å². The molecule has 0 saturated heterocycles. The molecule has 0 atom stereocenters. The number of likely N-dealkylation sites (N-methyl/N-ethyl adjacent to an activating group) is 1. The van der Waals surface area contributed by atoms with E-state index < -0.39 is 0 Å². The van der Waals surface area contributed by atoms with Gasteiger partial charge in [-0.25, -0.2) is 4.39 Å². The summed E-state index contributed by atoms with van der Waals surface area (Å²) >= 11 is 0. The molecule has 0 aliphatic heterocycles. The number of benzene rings is 1. The van der Waals surface area contributed by atoms with Gasteiger partial charge in [0.05, 0.1) is 0 Å². The summed E-state index contributed by atoms with van der Waals surface area (Å²) in [5, 5.41) is 0. The quantitative estimate of drug-likeness (QED) is 0.782. The second-order valence-electron chi connectivity index (χ2n) is 4.91. The van der Waals surface area contributed by atoms with E-state index in [-0.39, 0.29) is 11.7 Å². The van der Waals surface area contributed by atoms with Gasteiger partial charge in [0.1, 0.15) is 6.61 Å². The largest absolute Gasteiger partial charge is 0.489 e. The summed E-state index contributed by atoms with van der Waals surface area (Å²) in [7, 11) is 3.93. The van der Waals surface area contributed by atoms with E-state index in [9.17, 15) is 4.39 Å². The van der Waals surface area contributed by atoms with Crippen LogP contribution in [0.3, 0.4) is 0 Å². The summed E-state index contributed by atoms with van der Waals surface area (Å²) in [4.78, 5) is 2.01. The fraction of sp³-hybridized carbons (Fsp3) is 0.571. The van der Waals surface area contributed by atoms with Gasteiger partial charge in [-0.3, -0.25) is 0 Å². The number of hydrogen-bond acceptors (Lipinski definition) is 2. The van der Waals surface area contributed by atoms with Gasteiger partial charge in [-0.15, -0.1) is 0 Å². The third-order valence-corrected chi connectivity index (χ3v) is 2.74. The highest BCUT2D eigenvalue weighted by Crippen LogP contribution is 2.29. The number of ether oxygens (including phenoxy) is 1. The summed E-state index contributed by atoms with van der Waals surface area (Å²) in [6.07, 6.45) is 0. The average Bonchev–Trinajstić information content (AvgIpc) is 2.20. The van der Waals surface area contributed by atoms with Crippen molar-refractivity contribution in [3.05, 3.63) is 29.1 Å². The van der Waals surface area contributed by atoms with E-state index in [1.54, 1.807) is 6.07 Å². The first-order chi connectivity index (χ1) is 7.93. The Hall–Kier alpha value is -1.09. The van der Waals surface area contributed by atoms with Crippen molar-refractivity contribution >= 4 is 0 Å². The minimum Gasteiger partial charge on any atom is -0.489 e. The highest BCUT2D eigenvalue weighted by atomic mass is 19.1. The van der Waals surface area contributed by atoms with Gasteiger partial charge in [-0.2, -0.15) is 0 Å². The maximum atomic E-state index is 14.2. The molecule has 0 saturated carbocycles. The van der Waals surface area contributed by atoms with Crippen molar-refractivity contribution < 1.29 is 9.13 Å². The topological polar surface area (TPSA) is 12.5 Å². The van der Waals surface area contributed by atoms with E-state index in [0.717, 1.165) is 17.7 Å². The molecule has 1 aromatic carbocycles. The van der Waals surface area contributed by atoms with Crippen LogP contribution in [-0.4, -0.2) is 32.1 Å². The molecule has 0 amide bonds. The molecule has 0 heterocycles. The Balaban J connectivity index is 2.83. The third-order valence-electron chi connectivity index (χ3n) is 2.74. The predicted octanol–water partition coefficient (Wildman–Crippen LogP) is 3.20. The van der Waals surface area contributed by atoms with Gasteiger partial charge < -0.3 is 9.64 Å². The Morgan fingerprint density at radius 2 is 1.94 bits per heavy atom. The maximum absolute atomic E-state index is 14.2. The fourth-order valence-electron chi connectivity index (χ4n) is 1.83. The monoisotopic (exact) mass is 239 g/mol. The van der Waals surface area contributed by atoms with E-state index in [1.165, 1.54) is 0 Å². The standard InChI is InChI=1S/C14H22FNO/c1-10(2)13-11(3)6-7-12(14(13)15)17-9-8-16(4)5/h6-7,10H,8-9H2,1-5H3. The SMILES string of the molecule is Cc1ccc(OCCN(C)C)c(F)c1C(C)C. The van der Waals surface area contributed by atoms with Crippen molar-refractivity contribution in [3.8, 4) is 5.75 Å².